The minimum absolute atomic E-state index is 0.0229. The van der Waals surface area contributed by atoms with E-state index >= 15 is 0 Å². The van der Waals surface area contributed by atoms with Gasteiger partial charge in [-0.25, -0.2) is 19.9 Å². The van der Waals surface area contributed by atoms with E-state index in [1.165, 1.54) is 31.7 Å². The second kappa shape index (κ2) is 12.2. The topological polar surface area (TPSA) is 149 Å². The third kappa shape index (κ3) is 7.17. The maximum atomic E-state index is 13.3. The van der Waals surface area contributed by atoms with Crippen molar-refractivity contribution < 1.29 is 27.4 Å². The maximum Gasteiger partial charge on any atom is 0.423 e. The third-order valence-electron chi connectivity index (χ3n) is 5.41. The first-order valence-corrected chi connectivity index (χ1v) is 11.1. The van der Waals surface area contributed by atoms with Crippen molar-refractivity contribution in [3.63, 3.8) is 0 Å². The Bertz CT molecular complexity index is 1200. The molecule has 3 heterocycles. The standard InChI is InChI=1S/C22H25F3N8O4/c1-14-12-32(20-27-9-15(8-26)10-28-20)5-6-33(14)21(35)37-7-3-4-16(13-36-2)30-17-11-29-31-19(34)18(17)22(23,24)25/h3-4,9-11,14,16H,5-7,12-13H2,1-2H3,(H2,30,31,34)/b4-3+/t14-,16+/m0/s1. The van der Waals surface area contributed by atoms with Crippen LogP contribution in [0.2, 0.25) is 0 Å². The van der Waals surface area contributed by atoms with Crippen molar-refractivity contribution >= 4 is 17.7 Å². The molecule has 0 spiro atoms. The van der Waals surface area contributed by atoms with E-state index in [2.05, 4.69) is 20.4 Å². The van der Waals surface area contributed by atoms with Crippen LogP contribution in [-0.4, -0.2) is 83.2 Å². The fraction of sp³-hybridized carbons (Fsp3) is 0.455. The van der Waals surface area contributed by atoms with Gasteiger partial charge in [-0.05, 0) is 13.0 Å². The van der Waals surface area contributed by atoms with E-state index < -0.39 is 35.1 Å². The van der Waals surface area contributed by atoms with Crippen molar-refractivity contribution in [2.75, 3.05) is 50.2 Å². The second-order valence-corrected chi connectivity index (χ2v) is 8.07. The minimum Gasteiger partial charge on any atom is -0.445 e. The fourth-order valence-corrected chi connectivity index (χ4v) is 3.69. The highest BCUT2D eigenvalue weighted by atomic mass is 19.4. The number of alkyl halides is 3. The molecular formula is C22H25F3N8O4. The van der Waals surface area contributed by atoms with Gasteiger partial charge in [-0.2, -0.15) is 23.5 Å². The lowest BCUT2D eigenvalue weighted by atomic mass is 10.2. The van der Waals surface area contributed by atoms with Crippen LogP contribution >= 0.6 is 0 Å². The molecule has 1 aliphatic heterocycles. The monoisotopic (exact) mass is 522 g/mol. The summed E-state index contributed by atoms with van der Waals surface area (Å²) in [7, 11) is 1.37. The number of nitrogens with one attached hydrogen (secondary N) is 2. The summed E-state index contributed by atoms with van der Waals surface area (Å²) in [4.78, 5) is 36.0. The van der Waals surface area contributed by atoms with E-state index in [4.69, 9.17) is 14.7 Å². The molecule has 12 nitrogen and oxygen atoms in total. The van der Waals surface area contributed by atoms with Crippen LogP contribution in [0.25, 0.3) is 0 Å². The molecule has 0 aliphatic carbocycles. The van der Waals surface area contributed by atoms with Crippen molar-refractivity contribution in [1.29, 1.82) is 5.26 Å². The minimum atomic E-state index is -4.89. The molecule has 2 atom stereocenters. The molecule has 1 fully saturated rings. The molecule has 0 aromatic carbocycles. The zero-order valence-electron chi connectivity index (χ0n) is 20.0. The molecule has 0 unspecified atom stereocenters. The van der Waals surface area contributed by atoms with Gasteiger partial charge in [0, 0.05) is 32.8 Å². The Labute approximate surface area is 209 Å². The number of methoxy groups -OCH3 is 1. The van der Waals surface area contributed by atoms with E-state index in [1.807, 2.05) is 17.9 Å². The van der Waals surface area contributed by atoms with Gasteiger partial charge in [-0.15, -0.1) is 0 Å². The van der Waals surface area contributed by atoms with Crippen molar-refractivity contribution in [2.45, 2.75) is 25.2 Å². The van der Waals surface area contributed by atoms with Crippen LogP contribution in [0.4, 0.5) is 29.6 Å². The van der Waals surface area contributed by atoms with E-state index in [0.717, 1.165) is 6.20 Å². The number of piperazine rings is 1. The Kier molecular flexibility index (Phi) is 9.01. The van der Waals surface area contributed by atoms with Gasteiger partial charge in [0.1, 0.15) is 18.2 Å². The quantitative estimate of drug-likeness (QED) is 0.491. The molecule has 3 rings (SSSR count). The van der Waals surface area contributed by atoms with Crippen molar-refractivity contribution in [3.8, 4) is 6.07 Å². The van der Waals surface area contributed by atoms with Crippen molar-refractivity contribution in [1.82, 2.24) is 25.1 Å². The number of halogens is 3. The number of rotatable bonds is 8. The van der Waals surface area contributed by atoms with Crippen molar-refractivity contribution in [3.05, 3.63) is 52.2 Å². The highest BCUT2D eigenvalue weighted by Gasteiger charge is 2.37. The van der Waals surface area contributed by atoms with E-state index in [1.54, 1.807) is 10.00 Å². The summed E-state index contributed by atoms with van der Waals surface area (Å²) in [6.45, 7) is 2.97. The van der Waals surface area contributed by atoms with Gasteiger partial charge in [0.15, 0.2) is 0 Å². The average Bonchev–Trinajstić information content (AvgIpc) is 2.85. The Morgan fingerprint density at radius 3 is 2.70 bits per heavy atom. The number of hydrogen-bond acceptors (Lipinski definition) is 10. The van der Waals surface area contributed by atoms with Crippen LogP contribution in [0.1, 0.15) is 18.1 Å². The number of carbonyl (C=O) groups excluding carboxylic acids is 1. The first-order chi connectivity index (χ1) is 17.6. The summed E-state index contributed by atoms with van der Waals surface area (Å²) in [6, 6.07) is 0.985. The largest absolute Gasteiger partial charge is 0.445 e. The van der Waals surface area contributed by atoms with Gasteiger partial charge in [0.05, 0.1) is 42.5 Å². The second-order valence-electron chi connectivity index (χ2n) is 8.07. The maximum absolute atomic E-state index is 13.3. The number of carbonyl (C=O) groups is 1. The molecule has 15 heteroatoms. The number of amides is 1. The number of anilines is 2. The summed E-state index contributed by atoms with van der Waals surface area (Å²) in [5, 5.41) is 16.6. The normalized spacial score (nSPS) is 16.9. The fourth-order valence-electron chi connectivity index (χ4n) is 3.69. The Balaban J connectivity index is 1.54. The van der Waals surface area contributed by atoms with Crippen LogP contribution in [0.15, 0.2) is 35.5 Å². The lowest BCUT2D eigenvalue weighted by Gasteiger charge is -2.39. The van der Waals surface area contributed by atoms with Gasteiger partial charge < -0.3 is 24.6 Å². The van der Waals surface area contributed by atoms with E-state index in [9.17, 15) is 22.8 Å². The smallest absolute Gasteiger partial charge is 0.423 e. The summed E-state index contributed by atoms with van der Waals surface area (Å²) in [5.74, 6) is 0.461. The van der Waals surface area contributed by atoms with Gasteiger partial charge in [0.25, 0.3) is 5.56 Å². The van der Waals surface area contributed by atoms with Gasteiger partial charge >= 0.3 is 12.3 Å². The predicted molar refractivity (Wildman–Crippen MR) is 125 cm³/mol. The zero-order chi connectivity index (χ0) is 27.0. The van der Waals surface area contributed by atoms with Crippen LogP contribution < -0.4 is 15.8 Å². The highest BCUT2D eigenvalue weighted by Crippen LogP contribution is 2.31. The molecule has 2 N–H and O–H groups in total. The molecule has 1 amide bonds. The van der Waals surface area contributed by atoms with Crippen LogP contribution in [0.3, 0.4) is 0 Å². The summed E-state index contributed by atoms with van der Waals surface area (Å²) < 4.78 is 50.2. The summed E-state index contributed by atoms with van der Waals surface area (Å²) in [6.07, 6.45) is 1.24. The number of nitriles is 1. The molecule has 37 heavy (non-hydrogen) atoms. The van der Waals surface area contributed by atoms with Crippen LogP contribution in [-0.2, 0) is 15.7 Å². The van der Waals surface area contributed by atoms with Gasteiger partial charge in [0.2, 0.25) is 5.95 Å². The highest BCUT2D eigenvalue weighted by molar-refractivity contribution is 5.68. The molecule has 2 aromatic rings. The predicted octanol–water partition coefficient (Wildman–Crippen LogP) is 1.78. The average molecular weight is 522 g/mol. The molecule has 2 aromatic heterocycles. The Hall–Kier alpha value is -4.19. The number of H-pyrrole nitrogens is 1. The number of aromatic nitrogens is 4. The number of aromatic amines is 1. The van der Waals surface area contributed by atoms with Gasteiger partial charge in [-0.3, -0.25) is 4.79 Å². The lowest BCUT2D eigenvalue weighted by Crippen LogP contribution is -2.54. The Morgan fingerprint density at radius 1 is 1.35 bits per heavy atom. The molecule has 0 saturated carbocycles. The SMILES string of the molecule is COC[C@@H](/C=C/COC(=O)N1CCN(c2ncc(C#N)cn2)C[C@@H]1C)Nc1cn[nH]c(=O)c1C(F)(F)F. The molecule has 0 radical (unpaired) electrons. The third-order valence-corrected chi connectivity index (χ3v) is 5.41. The van der Waals surface area contributed by atoms with Crippen molar-refractivity contribution in [2.24, 2.45) is 0 Å². The number of ether oxygens (including phenoxy) is 2. The zero-order valence-corrected chi connectivity index (χ0v) is 20.0. The van der Waals surface area contributed by atoms with Gasteiger partial charge in [-0.1, -0.05) is 6.08 Å². The first-order valence-electron chi connectivity index (χ1n) is 11.1. The molecule has 0 bridgehead atoms. The number of hydrogen-bond donors (Lipinski definition) is 2. The van der Waals surface area contributed by atoms with E-state index in [-0.39, 0.29) is 19.3 Å². The molecule has 1 saturated heterocycles. The molecule has 198 valence electrons. The molecule has 1 aliphatic rings. The Morgan fingerprint density at radius 2 is 2.08 bits per heavy atom. The van der Waals surface area contributed by atoms with E-state index in [0.29, 0.717) is 31.1 Å². The first kappa shape index (κ1) is 27.4. The van der Waals surface area contributed by atoms with Crippen LogP contribution in [0, 0.1) is 11.3 Å². The van der Waals surface area contributed by atoms with Crippen LogP contribution in [0.5, 0.6) is 0 Å². The summed E-state index contributed by atoms with van der Waals surface area (Å²) in [5.41, 5.74) is -2.92. The number of nitrogens with zero attached hydrogens (tertiary/aromatic N) is 6. The summed E-state index contributed by atoms with van der Waals surface area (Å²) >= 11 is 0. The molecular weight excluding hydrogens is 497 g/mol. The lowest BCUT2D eigenvalue weighted by molar-refractivity contribution is -0.138.